The van der Waals surface area contributed by atoms with Crippen molar-refractivity contribution in [1.29, 1.82) is 0 Å². The summed E-state index contributed by atoms with van der Waals surface area (Å²) in [5.74, 6) is 0. The van der Waals surface area contributed by atoms with Gasteiger partial charge in [0.15, 0.2) is 0 Å². The number of hydrogen-bond acceptors (Lipinski definition) is 3. The number of aliphatic hydroxyl groups is 1. The average molecular weight is 184 g/mol. The van der Waals surface area contributed by atoms with Gasteiger partial charge >= 0.3 is 0 Å². The monoisotopic (exact) mass is 184 g/mol. The van der Waals surface area contributed by atoms with Crippen molar-refractivity contribution < 1.29 is 5.11 Å². The molecule has 1 N–H and O–H groups in total. The van der Waals surface area contributed by atoms with Crippen molar-refractivity contribution in [2.24, 2.45) is 0 Å². The van der Waals surface area contributed by atoms with Gasteiger partial charge in [-0.3, -0.25) is 4.90 Å². The van der Waals surface area contributed by atoms with Crippen molar-refractivity contribution in [1.82, 2.24) is 9.80 Å². The highest BCUT2D eigenvalue weighted by molar-refractivity contribution is 4.89. The maximum absolute atomic E-state index is 9.24. The topological polar surface area (TPSA) is 26.7 Å². The molecule has 2 saturated heterocycles. The quantitative estimate of drug-likeness (QED) is 0.628. The molecule has 2 heterocycles. The molecule has 0 aliphatic carbocycles. The normalized spacial score (nSPS) is 37.4. The van der Waals surface area contributed by atoms with Gasteiger partial charge in [-0.25, -0.2) is 0 Å². The number of hydrogen-bond donors (Lipinski definition) is 1. The molecule has 3 heteroatoms. The van der Waals surface area contributed by atoms with Crippen molar-refractivity contribution in [2.75, 3.05) is 33.3 Å². The largest absolute Gasteiger partial charge is 0.395 e. The van der Waals surface area contributed by atoms with Crippen molar-refractivity contribution in [2.45, 2.75) is 31.3 Å². The van der Waals surface area contributed by atoms with Crippen LogP contribution < -0.4 is 0 Å². The van der Waals surface area contributed by atoms with Gasteiger partial charge in [0.2, 0.25) is 0 Å². The average Bonchev–Trinajstić information content (AvgIpc) is 2.16. The maximum Gasteiger partial charge on any atom is 0.0587 e. The molecule has 2 aliphatic heterocycles. The molecule has 76 valence electrons. The minimum Gasteiger partial charge on any atom is -0.395 e. The summed E-state index contributed by atoms with van der Waals surface area (Å²) in [6, 6.07) is 1.16. The molecular formula is C10H20N2O. The van der Waals surface area contributed by atoms with Crippen LogP contribution in [0.5, 0.6) is 0 Å². The molecule has 2 fully saturated rings. The number of piperidine rings is 1. The number of rotatable bonds is 1. The smallest absolute Gasteiger partial charge is 0.0587 e. The molecule has 2 unspecified atom stereocenters. The molecule has 0 radical (unpaired) electrons. The number of aliphatic hydroxyl groups excluding tert-OH is 1. The first-order chi connectivity index (χ1) is 6.31. The second kappa shape index (κ2) is 3.95. The molecule has 2 atom stereocenters. The standard InChI is InChI=1S/C10H20N2O/c1-11-5-6-12-9(7-11)3-2-4-10(12)8-13/h9-10,13H,2-8H2,1H3. The summed E-state index contributed by atoms with van der Waals surface area (Å²) in [7, 11) is 2.19. The lowest BCUT2D eigenvalue weighted by Crippen LogP contribution is -2.58. The van der Waals surface area contributed by atoms with Gasteiger partial charge < -0.3 is 10.0 Å². The molecule has 13 heavy (non-hydrogen) atoms. The third-order valence-electron chi connectivity index (χ3n) is 3.49. The van der Waals surface area contributed by atoms with Gasteiger partial charge in [0.05, 0.1) is 6.61 Å². The van der Waals surface area contributed by atoms with Gasteiger partial charge in [-0.05, 0) is 19.9 Å². The number of likely N-dealkylation sites (N-methyl/N-ethyl adjacent to an activating group) is 1. The first kappa shape index (κ1) is 9.44. The van der Waals surface area contributed by atoms with E-state index in [4.69, 9.17) is 0 Å². The Morgan fingerprint density at radius 1 is 1.31 bits per heavy atom. The molecule has 0 aromatic heterocycles. The van der Waals surface area contributed by atoms with Gasteiger partial charge in [0.1, 0.15) is 0 Å². The molecule has 0 amide bonds. The zero-order valence-electron chi connectivity index (χ0n) is 8.45. The predicted octanol–water partition coefficient (Wildman–Crippen LogP) is 0.147. The molecule has 0 bridgehead atoms. The highest BCUT2D eigenvalue weighted by Gasteiger charge is 2.33. The third-order valence-corrected chi connectivity index (χ3v) is 3.49. The first-order valence-electron chi connectivity index (χ1n) is 5.36. The van der Waals surface area contributed by atoms with Gasteiger partial charge in [0.25, 0.3) is 0 Å². The van der Waals surface area contributed by atoms with Crippen LogP contribution in [0.3, 0.4) is 0 Å². The van der Waals surface area contributed by atoms with E-state index in [-0.39, 0.29) is 0 Å². The summed E-state index contributed by atoms with van der Waals surface area (Å²) >= 11 is 0. The molecule has 0 saturated carbocycles. The van der Waals surface area contributed by atoms with Crippen molar-refractivity contribution in [3.05, 3.63) is 0 Å². The van der Waals surface area contributed by atoms with Crippen LogP contribution in [0.2, 0.25) is 0 Å². The van der Waals surface area contributed by atoms with E-state index in [1.807, 2.05) is 0 Å². The minimum absolute atomic E-state index is 0.347. The number of nitrogens with zero attached hydrogens (tertiary/aromatic N) is 2. The Morgan fingerprint density at radius 3 is 2.92 bits per heavy atom. The van der Waals surface area contributed by atoms with Crippen LogP contribution in [0.25, 0.3) is 0 Å². The second-order valence-corrected chi connectivity index (χ2v) is 4.42. The molecule has 2 rings (SSSR count). The maximum atomic E-state index is 9.24. The van der Waals surface area contributed by atoms with Crippen LogP contribution in [0, 0.1) is 0 Å². The lowest BCUT2D eigenvalue weighted by Gasteiger charge is -2.47. The zero-order chi connectivity index (χ0) is 9.26. The summed E-state index contributed by atoms with van der Waals surface area (Å²) < 4.78 is 0. The third kappa shape index (κ3) is 1.87. The second-order valence-electron chi connectivity index (χ2n) is 4.42. The first-order valence-corrected chi connectivity index (χ1v) is 5.36. The SMILES string of the molecule is CN1CCN2C(CO)CCCC2C1. The van der Waals surface area contributed by atoms with E-state index < -0.39 is 0 Å². The number of fused-ring (bicyclic) bond motifs is 1. The lowest BCUT2D eigenvalue weighted by atomic mass is 9.94. The van der Waals surface area contributed by atoms with Gasteiger partial charge in [0, 0.05) is 31.7 Å². The molecule has 0 spiro atoms. The highest BCUT2D eigenvalue weighted by atomic mass is 16.3. The molecule has 2 aliphatic rings. The Morgan fingerprint density at radius 2 is 2.15 bits per heavy atom. The van der Waals surface area contributed by atoms with E-state index in [9.17, 15) is 5.11 Å². The van der Waals surface area contributed by atoms with E-state index in [0.717, 1.165) is 13.1 Å². The van der Waals surface area contributed by atoms with E-state index >= 15 is 0 Å². The van der Waals surface area contributed by atoms with E-state index in [1.165, 1.54) is 25.8 Å². The van der Waals surface area contributed by atoms with Crippen molar-refractivity contribution in [3.63, 3.8) is 0 Å². The van der Waals surface area contributed by atoms with Crippen molar-refractivity contribution in [3.8, 4) is 0 Å². The Balaban J connectivity index is 1.99. The summed E-state index contributed by atoms with van der Waals surface area (Å²) in [6.07, 6.45) is 3.80. The summed E-state index contributed by atoms with van der Waals surface area (Å²) in [5, 5.41) is 9.24. The highest BCUT2D eigenvalue weighted by Crippen LogP contribution is 2.25. The van der Waals surface area contributed by atoms with Gasteiger partial charge in [-0.15, -0.1) is 0 Å². The van der Waals surface area contributed by atoms with Crippen LogP contribution in [0.1, 0.15) is 19.3 Å². The van der Waals surface area contributed by atoms with E-state index in [0.29, 0.717) is 18.7 Å². The fraction of sp³-hybridized carbons (Fsp3) is 1.00. The molecule has 0 aromatic rings. The van der Waals surface area contributed by atoms with Crippen molar-refractivity contribution >= 4 is 0 Å². The Hall–Kier alpha value is -0.120. The Kier molecular flexibility index (Phi) is 2.86. The van der Waals surface area contributed by atoms with Gasteiger partial charge in [-0.2, -0.15) is 0 Å². The van der Waals surface area contributed by atoms with Crippen LogP contribution in [-0.4, -0.2) is 60.3 Å². The number of piperazine rings is 1. The van der Waals surface area contributed by atoms with E-state index in [1.54, 1.807) is 0 Å². The summed E-state index contributed by atoms with van der Waals surface area (Å²) in [4.78, 5) is 4.92. The lowest BCUT2D eigenvalue weighted by molar-refractivity contribution is -0.00261. The fourth-order valence-corrected chi connectivity index (χ4v) is 2.71. The van der Waals surface area contributed by atoms with E-state index in [2.05, 4.69) is 16.8 Å². The zero-order valence-corrected chi connectivity index (χ0v) is 8.45. The van der Waals surface area contributed by atoms with Gasteiger partial charge in [-0.1, -0.05) is 6.42 Å². The molecule has 0 aromatic carbocycles. The Bertz CT molecular complexity index is 174. The minimum atomic E-state index is 0.347. The fourth-order valence-electron chi connectivity index (χ4n) is 2.71. The summed E-state index contributed by atoms with van der Waals surface area (Å²) in [5.41, 5.74) is 0. The summed E-state index contributed by atoms with van der Waals surface area (Å²) in [6.45, 7) is 3.84. The van der Waals surface area contributed by atoms with Crippen LogP contribution in [0.15, 0.2) is 0 Å². The molecular weight excluding hydrogens is 164 g/mol. The van der Waals surface area contributed by atoms with Crippen LogP contribution in [0.4, 0.5) is 0 Å². The van der Waals surface area contributed by atoms with Crippen LogP contribution in [-0.2, 0) is 0 Å². The van der Waals surface area contributed by atoms with Crippen LogP contribution >= 0.6 is 0 Å². The Labute approximate surface area is 80.3 Å². The predicted molar refractivity (Wildman–Crippen MR) is 52.7 cm³/mol. The molecule has 3 nitrogen and oxygen atoms in total.